The van der Waals surface area contributed by atoms with Crippen LogP contribution in [0.5, 0.6) is 5.75 Å². The van der Waals surface area contributed by atoms with E-state index in [1.165, 1.54) is 22.2 Å². The number of benzene rings is 2. The highest BCUT2D eigenvalue weighted by Crippen LogP contribution is 2.42. The lowest BCUT2D eigenvalue weighted by Crippen LogP contribution is -2.34. The molecular formula is C17H17BrFNO. The number of hydrogen-bond acceptors (Lipinski definition) is 2. The van der Waals surface area contributed by atoms with Gasteiger partial charge in [-0.1, -0.05) is 34.1 Å². The summed E-state index contributed by atoms with van der Waals surface area (Å²) in [5.41, 5.74) is 2.22. The Morgan fingerprint density at radius 2 is 1.95 bits per heavy atom. The minimum atomic E-state index is -0.280. The van der Waals surface area contributed by atoms with E-state index in [2.05, 4.69) is 39.4 Å². The summed E-state index contributed by atoms with van der Waals surface area (Å²) in [5, 5.41) is 3.44. The van der Waals surface area contributed by atoms with Crippen molar-refractivity contribution in [3.05, 3.63) is 58.3 Å². The maximum absolute atomic E-state index is 13.2. The number of nitrogens with one attached hydrogen (secondary N) is 1. The highest BCUT2D eigenvalue weighted by Gasteiger charge is 2.31. The predicted molar refractivity (Wildman–Crippen MR) is 86.5 cm³/mol. The molecule has 110 valence electrons. The third-order valence-electron chi connectivity index (χ3n) is 4.01. The maximum atomic E-state index is 13.2. The first-order chi connectivity index (χ1) is 10.2. The fourth-order valence-electron chi connectivity index (χ4n) is 2.80. The highest BCUT2D eigenvalue weighted by molar-refractivity contribution is 9.10. The van der Waals surface area contributed by atoms with Crippen LogP contribution in [-0.4, -0.2) is 13.2 Å². The zero-order chi connectivity index (χ0) is 14.8. The molecule has 0 aliphatic heterocycles. The Morgan fingerprint density at radius 3 is 2.67 bits per heavy atom. The Kier molecular flexibility index (Phi) is 4.15. The number of halogens is 2. The van der Waals surface area contributed by atoms with Crippen LogP contribution in [-0.2, 0) is 0 Å². The number of ether oxygens (including phenoxy) is 1. The molecule has 0 amide bonds. The fourth-order valence-corrected chi connectivity index (χ4v) is 3.41. The Balaban J connectivity index is 1.64. The fraction of sp³-hybridized carbons (Fsp3) is 0.294. The van der Waals surface area contributed by atoms with Gasteiger partial charge in [-0.25, -0.2) is 4.39 Å². The summed E-state index contributed by atoms with van der Waals surface area (Å²) in [4.78, 5) is 0. The van der Waals surface area contributed by atoms with Gasteiger partial charge in [0, 0.05) is 16.6 Å². The van der Waals surface area contributed by atoms with E-state index in [0.29, 0.717) is 17.7 Å². The molecule has 0 bridgehead atoms. The van der Waals surface area contributed by atoms with E-state index < -0.39 is 0 Å². The third kappa shape index (κ3) is 3.05. The summed E-state index contributed by atoms with van der Waals surface area (Å²) in [6, 6.07) is 13.4. The van der Waals surface area contributed by atoms with Gasteiger partial charge in [-0.3, -0.25) is 0 Å². The van der Waals surface area contributed by atoms with E-state index in [4.69, 9.17) is 4.74 Å². The minimum Gasteiger partial charge on any atom is -0.494 e. The molecule has 21 heavy (non-hydrogen) atoms. The summed E-state index contributed by atoms with van der Waals surface area (Å²) < 4.78 is 19.6. The van der Waals surface area contributed by atoms with Crippen molar-refractivity contribution < 1.29 is 9.13 Å². The van der Waals surface area contributed by atoms with Crippen LogP contribution >= 0.6 is 15.9 Å². The van der Waals surface area contributed by atoms with Crippen molar-refractivity contribution in [3.63, 3.8) is 0 Å². The largest absolute Gasteiger partial charge is 0.494 e. The molecule has 1 aliphatic carbocycles. The molecule has 0 aromatic heterocycles. The Morgan fingerprint density at radius 1 is 1.19 bits per heavy atom. The molecule has 2 nitrogen and oxygen atoms in total. The van der Waals surface area contributed by atoms with Crippen LogP contribution in [0, 0.1) is 5.82 Å². The Bertz CT molecular complexity index is 640. The lowest BCUT2D eigenvalue weighted by molar-refractivity contribution is 0.369. The van der Waals surface area contributed by atoms with Gasteiger partial charge in [0.25, 0.3) is 0 Å². The maximum Gasteiger partial charge on any atom is 0.144 e. The molecule has 0 heterocycles. The quantitative estimate of drug-likeness (QED) is 0.842. The van der Waals surface area contributed by atoms with Gasteiger partial charge in [-0.15, -0.1) is 0 Å². The second-order valence-corrected chi connectivity index (χ2v) is 6.23. The zero-order valence-corrected chi connectivity index (χ0v) is 13.4. The first kappa shape index (κ1) is 14.4. The van der Waals surface area contributed by atoms with Gasteiger partial charge >= 0.3 is 0 Å². The van der Waals surface area contributed by atoms with Gasteiger partial charge in [0.05, 0.1) is 12.8 Å². The zero-order valence-electron chi connectivity index (χ0n) is 11.8. The third-order valence-corrected chi connectivity index (χ3v) is 4.73. The van der Waals surface area contributed by atoms with Gasteiger partial charge in [-0.05, 0) is 42.5 Å². The number of hydrogen-bond donors (Lipinski definition) is 1. The van der Waals surface area contributed by atoms with Crippen molar-refractivity contribution in [1.29, 1.82) is 0 Å². The lowest BCUT2D eigenvalue weighted by atomic mass is 9.76. The molecular weight excluding hydrogens is 333 g/mol. The molecule has 0 saturated heterocycles. The summed E-state index contributed by atoms with van der Waals surface area (Å²) in [6.07, 6.45) is 2.15. The van der Waals surface area contributed by atoms with Crippen molar-refractivity contribution in [2.75, 3.05) is 12.4 Å². The van der Waals surface area contributed by atoms with Gasteiger partial charge in [-0.2, -0.15) is 0 Å². The van der Waals surface area contributed by atoms with E-state index in [1.54, 1.807) is 13.2 Å². The molecule has 2 aromatic carbocycles. The summed E-state index contributed by atoms with van der Waals surface area (Å²) in [6.45, 7) is 0. The van der Waals surface area contributed by atoms with E-state index in [9.17, 15) is 4.39 Å². The number of rotatable bonds is 4. The smallest absolute Gasteiger partial charge is 0.144 e. The van der Waals surface area contributed by atoms with Crippen molar-refractivity contribution in [3.8, 4) is 5.75 Å². The van der Waals surface area contributed by atoms with E-state index in [0.717, 1.165) is 18.5 Å². The van der Waals surface area contributed by atoms with Crippen molar-refractivity contribution in [2.24, 2.45) is 0 Å². The number of methoxy groups -OCH3 is 1. The van der Waals surface area contributed by atoms with Crippen LogP contribution in [0.4, 0.5) is 10.1 Å². The molecule has 1 aliphatic rings. The molecule has 3 rings (SSSR count). The summed E-state index contributed by atoms with van der Waals surface area (Å²) >= 11 is 3.61. The molecule has 1 fully saturated rings. The second-order valence-electron chi connectivity index (χ2n) is 5.38. The van der Waals surface area contributed by atoms with Crippen molar-refractivity contribution in [2.45, 2.75) is 24.8 Å². The topological polar surface area (TPSA) is 21.3 Å². The second kappa shape index (κ2) is 6.06. The van der Waals surface area contributed by atoms with Crippen molar-refractivity contribution >= 4 is 21.6 Å². The van der Waals surface area contributed by atoms with Gasteiger partial charge in [0.1, 0.15) is 11.6 Å². The summed E-state index contributed by atoms with van der Waals surface area (Å²) in [7, 11) is 1.56. The average Bonchev–Trinajstić information content (AvgIpc) is 2.44. The minimum absolute atomic E-state index is 0.280. The van der Waals surface area contributed by atoms with E-state index >= 15 is 0 Å². The highest BCUT2D eigenvalue weighted by atomic mass is 79.9. The van der Waals surface area contributed by atoms with Crippen LogP contribution < -0.4 is 10.1 Å². The normalized spacial score (nSPS) is 20.7. The molecule has 4 heteroatoms. The molecule has 1 N–H and O–H groups in total. The molecule has 0 unspecified atom stereocenters. The molecule has 0 atom stereocenters. The van der Waals surface area contributed by atoms with E-state index in [1.807, 2.05) is 6.07 Å². The predicted octanol–water partition coefficient (Wildman–Crippen LogP) is 4.95. The summed E-state index contributed by atoms with van der Waals surface area (Å²) in [5.74, 6) is 0.848. The molecule has 1 saturated carbocycles. The SMILES string of the molecule is COc1cc(F)ccc1NC1CC(c2ccccc2Br)C1. The molecule has 0 spiro atoms. The average molecular weight is 350 g/mol. The first-order valence-electron chi connectivity index (χ1n) is 7.02. The Hall–Kier alpha value is -1.55. The monoisotopic (exact) mass is 349 g/mol. The van der Waals surface area contributed by atoms with Crippen LogP contribution in [0.3, 0.4) is 0 Å². The van der Waals surface area contributed by atoms with Crippen LogP contribution in [0.25, 0.3) is 0 Å². The van der Waals surface area contributed by atoms with E-state index in [-0.39, 0.29) is 5.82 Å². The first-order valence-corrected chi connectivity index (χ1v) is 7.81. The van der Waals surface area contributed by atoms with Crippen LogP contribution in [0.1, 0.15) is 24.3 Å². The van der Waals surface area contributed by atoms with Crippen LogP contribution in [0.2, 0.25) is 0 Å². The molecule has 0 radical (unpaired) electrons. The van der Waals surface area contributed by atoms with Gasteiger partial charge in [0.2, 0.25) is 0 Å². The number of anilines is 1. The van der Waals surface area contributed by atoms with Crippen LogP contribution in [0.15, 0.2) is 46.9 Å². The lowest BCUT2D eigenvalue weighted by Gasteiger charge is -2.37. The van der Waals surface area contributed by atoms with Gasteiger partial charge < -0.3 is 10.1 Å². The van der Waals surface area contributed by atoms with Gasteiger partial charge in [0.15, 0.2) is 0 Å². The molecule has 2 aromatic rings. The Labute approximate surface area is 132 Å². The van der Waals surface area contributed by atoms with Crippen molar-refractivity contribution in [1.82, 2.24) is 0 Å². The standard InChI is InChI=1S/C17H17BrFNO/c1-21-17-10-12(19)6-7-16(17)20-13-8-11(9-13)14-4-2-3-5-15(14)18/h2-7,10-11,13,20H,8-9H2,1H3.